The Bertz CT molecular complexity index is 790. The van der Waals surface area contributed by atoms with Crippen LogP contribution in [0.3, 0.4) is 0 Å². The van der Waals surface area contributed by atoms with Crippen molar-refractivity contribution in [2.24, 2.45) is 0 Å². The molecule has 1 aliphatic heterocycles. The first-order valence-corrected chi connectivity index (χ1v) is 9.13. The molecule has 6 heteroatoms. The largest absolute Gasteiger partial charge is 0.330 e. The van der Waals surface area contributed by atoms with Crippen molar-refractivity contribution in [1.82, 2.24) is 0 Å². The molecule has 0 bridgehead atoms. The predicted molar refractivity (Wildman–Crippen MR) is 90.8 cm³/mol. The van der Waals surface area contributed by atoms with Gasteiger partial charge in [-0.25, -0.2) is 8.70 Å². The number of benzene rings is 2. The highest BCUT2D eigenvalue weighted by Crippen LogP contribution is 2.45. The maximum atomic E-state index is 13.2. The zero-order valence-electron chi connectivity index (χ0n) is 12.9. The van der Waals surface area contributed by atoms with E-state index in [9.17, 15) is 12.8 Å². The van der Waals surface area contributed by atoms with Crippen LogP contribution < -0.4 is 8.61 Å². The van der Waals surface area contributed by atoms with Crippen molar-refractivity contribution < 1.29 is 12.8 Å². The zero-order valence-corrected chi connectivity index (χ0v) is 13.8. The van der Waals surface area contributed by atoms with Crippen LogP contribution in [0.15, 0.2) is 48.5 Å². The average Bonchev–Trinajstić information content (AvgIpc) is 2.76. The Morgan fingerprint density at radius 1 is 0.957 bits per heavy atom. The first-order valence-electron chi connectivity index (χ1n) is 7.73. The lowest BCUT2D eigenvalue weighted by Crippen LogP contribution is -2.36. The Kier molecular flexibility index (Phi) is 4.26. The van der Waals surface area contributed by atoms with Crippen LogP contribution in [-0.4, -0.2) is 15.0 Å². The Balaban J connectivity index is 2.05. The molecule has 23 heavy (non-hydrogen) atoms. The zero-order chi connectivity index (χ0) is 16.4. The standard InChI is InChI=1S/C17H19FN2O2S/c1-2-3-6-13-19-16-7-4-5-8-17(16)20(23(19,21)22)15-11-9-14(18)10-12-15/h4-5,7-12H,2-3,6,13H2,1H3. The van der Waals surface area contributed by atoms with E-state index in [1.165, 1.54) is 32.9 Å². The lowest BCUT2D eigenvalue weighted by molar-refractivity contribution is 0.590. The Morgan fingerprint density at radius 2 is 1.61 bits per heavy atom. The molecule has 3 rings (SSSR count). The number of hydrogen-bond donors (Lipinski definition) is 0. The van der Waals surface area contributed by atoms with Crippen LogP contribution in [0.1, 0.15) is 26.2 Å². The molecule has 0 radical (unpaired) electrons. The van der Waals surface area contributed by atoms with Crippen molar-refractivity contribution in [3.8, 4) is 0 Å². The summed E-state index contributed by atoms with van der Waals surface area (Å²) in [5.74, 6) is -0.390. The van der Waals surface area contributed by atoms with Gasteiger partial charge in [-0.1, -0.05) is 31.9 Å². The quantitative estimate of drug-likeness (QED) is 0.768. The Labute approximate surface area is 136 Å². The van der Waals surface area contributed by atoms with Gasteiger partial charge in [0.05, 0.1) is 17.1 Å². The summed E-state index contributed by atoms with van der Waals surface area (Å²) in [6.45, 7) is 2.53. The summed E-state index contributed by atoms with van der Waals surface area (Å²) >= 11 is 0. The summed E-state index contributed by atoms with van der Waals surface area (Å²) in [6, 6.07) is 12.7. The molecular weight excluding hydrogens is 315 g/mol. The van der Waals surface area contributed by atoms with Crippen LogP contribution in [0.25, 0.3) is 0 Å². The van der Waals surface area contributed by atoms with Crippen LogP contribution >= 0.6 is 0 Å². The van der Waals surface area contributed by atoms with Gasteiger partial charge in [-0.3, -0.25) is 4.31 Å². The van der Waals surface area contributed by atoms with Crippen LogP contribution in [0.5, 0.6) is 0 Å². The SMILES string of the molecule is CCCCCN1c2ccccc2N(c2ccc(F)cc2)S1(=O)=O. The van der Waals surface area contributed by atoms with E-state index in [2.05, 4.69) is 6.92 Å². The average molecular weight is 334 g/mol. The molecule has 0 aromatic heterocycles. The highest BCUT2D eigenvalue weighted by atomic mass is 32.2. The minimum Gasteiger partial charge on any atom is -0.251 e. The molecule has 122 valence electrons. The van der Waals surface area contributed by atoms with Crippen LogP contribution in [0.2, 0.25) is 0 Å². The second-order valence-electron chi connectivity index (χ2n) is 5.52. The molecule has 0 unspecified atom stereocenters. The molecule has 0 saturated heterocycles. The summed E-state index contributed by atoms with van der Waals surface area (Å²) in [5, 5.41) is 0. The third-order valence-electron chi connectivity index (χ3n) is 3.90. The summed E-state index contributed by atoms with van der Waals surface area (Å²) in [5.41, 5.74) is 1.72. The molecule has 0 spiro atoms. The lowest BCUT2D eigenvalue weighted by atomic mass is 10.2. The molecular formula is C17H19FN2O2S. The van der Waals surface area contributed by atoms with Gasteiger partial charge >= 0.3 is 10.2 Å². The van der Waals surface area contributed by atoms with Gasteiger partial charge in [-0.2, -0.15) is 8.42 Å². The van der Waals surface area contributed by atoms with Crippen molar-refractivity contribution in [1.29, 1.82) is 0 Å². The second-order valence-corrected chi connectivity index (χ2v) is 7.22. The van der Waals surface area contributed by atoms with Crippen molar-refractivity contribution in [3.63, 3.8) is 0 Å². The normalized spacial score (nSPS) is 15.7. The molecule has 0 fully saturated rings. The van der Waals surface area contributed by atoms with E-state index in [1.54, 1.807) is 12.1 Å². The first kappa shape index (κ1) is 15.8. The van der Waals surface area contributed by atoms with Crippen molar-refractivity contribution in [2.45, 2.75) is 26.2 Å². The van der Waals surface area contributed by atoms with Gasteiger partial charge in [0.2, 0.25) is 0 Å². The highest BCUT2D eigenvalue weighted by Gasteiger charge is 2.40. The van der Waals surface area contributed by atoms with Crippen molar-refractivity contribution in [3.05, 3.63) is 54.3 Å². The number of hydrogen-bond acceptors (Lipinski definition) is 2. The number of halogens is 1. The topological polar surface area (TPSA) is 40.6 Å². The monoisotopic (exact) mass is 334 g/mol. The van der Waals surface area contributed by atoms with Gasteiger partial charge in [0.1, 0.15) is 5.82 Å². The van der Waals surface area contributed by atoms with E-state index in [-0.39, 0.29) is 0 Å². The maximum absolute atomic E-state index is 13.2. The van der Waals surface area contributed by atoms with E-state index in [4.69, 9.17) is 0 Å². The maximum Gasteiger partial charge on any atom is 0.330 e. The summed E-state index contributed by atoms with van der Waals surface area (Å²) < 4.78 is 41.9. The number of anilines is 3. The van der Waals surface area contributed by atoms with E-state index in [0.717, 1.165) is 19.3 Å². The summed E-state index contributed by atoms with van der Waals surface area (Å²) in [4.78, 5) is 0. The molecule has 0 atom stereocenters. The van der Waals surface area contributed by atoms with Crippen molar-refractivity contribution >= 4 is 27.3 Å². The van der Waals surface area contributed by atoms with Crippen LogP contribution in [-0.2, 0) is 10.2 Å². The van der Waals surface area contributed by atoms with Gasteiger partial charge in [-0.15, -0.1) is 0 Å². The molecule has 1 aliphatic rings. The third-order valence-corrected chi connectivity index (χ3v) is 5.71. The molecule has 0 saturated carbocycles. The van der Waals surface area contributed by atoms with E-state index >= 15 is 0 Å². The van der Waals surface area contributed by atoms with E-state index < -0.39 is 16.0 Å². The number of para-hydroxylation sites is 2. The number of rotatable bonds is 5. The van der Waals surface area contributed by atoms with Gasteiger partial charge in [0.25, 0.3) is 0 Å². The Morgan fingerprint density at radius 3 is 2.26 bits per heavy atom. The van der Waals surface area contributed by atoms with Crippen LogP contribution in [0.4, 0.5) is 21.5 Å². The fraction of sp³-hybridized carbons (Fsp3) is 0.294. The number of unbranched alkanes of at least 4 members (excludes halogenated alkanes) is 2. The van der Waals surface area contributed by atoms with Gasteiger partial charge in [0.15, 0.2) is 0 Å². The minimum absolute atomic E-state index is 0.390. The number of fused-ring (bicyclic) bond motifs is 1. The number of nitrogens with zero attached hydrogens (tertiary/aromatic N) is 2. The fourth-order valence-electron chi connectivity index (χ4n) is 2.78. The molecule has 2 aromatic rings. The van der Waals surface area contributed by atoms with Gasteiger partial charge in [0, 0.05) is 6.54 Å². The first-order chi connectivity index (χ1) is 11.1. The molecule has 4 nitrogen and oxygen atoms in total. The third kappa shape index (κ3) is 2.79. The fourth-order valence-corrected chi connectivity index (χ4v) is 4.53. The Hall–Kier alpha value is -2.08. The lowest BCUT2D eigenvalue weighted by Gasteiger charge is -2.21. The van der Waals surface area contributed by atoms with E-state index in [1.807, 2.05) is 12.1 Å². The molecule has 0 aliphatic carbocycles. The smallest absolute Gasteiger partial charge is 0.251 e. The second kappa shape index (κ2) is 6.20. The van der Waals surface area contributed by atoms with Gasteiger partial charge in [-0.05, 0) is 42.8 Å². The molecule has 1 heterocycles. The van der Waals surface area contributed by atoms with Crippen LogP contribution in [0, 0.1) is 5.82 Å². The van der Waals surface area contributed by atoms with Crippen molar-refractivity contribution in [2.75, 3.05) is 15.2 Å². The molecule has 0 amide bonds. The van der Waals surface area contributed by atoms with Gasteiger partial charge < -0.3 is 0 Å². The highest BCUT2D eigenvalue weighted by molar-refractivity contribution is 7.95. The minimum atomic E-state index is -3.69. The van der Waals surface area contributed by atoms with E-state index in [0.29, 0.717) is 23.6 Å². The summed E-state index contributed by atoms with van der Waals surface area (Å²) in [7, 11) is -3.69. The predicted octanol–water partition coefficient (Wildman–Crippen LogP) is 4.22. The molecule has 0 N–H and O–H groups in total. The molecule has 2 aromatic carbocycles. The summed E-state index contributed by atoms with van der Waals surface area (Å²) in [6.07, 6.45) is 2.81.